The minimum atomic E-state index is -3.27. The molecule has 1 aliphatic heterocycles. The summed E-state index contributed by atoms with van der Waals surface area (Å²) in [5, 5.41) is 5.90. The summed E-state index contributed by atoms with van der Waals surface area (Å²) in [6, 6.07) is -0.222. The van der Waals surface area contributed by atoms with E-state index in [1.54, 1.807) is 0 Å². The molecule has 0 bridgehead atoms. The highest BCUT2D eigenvalue weighted by Crippen LogP contribution is 2.26. The fraction of sp³-hybridized carbons (Fsp3) is 0.667. The predicted octanol–water partition coefficient (Wildman–Crippen LogP) is 0.554. The fourth-order valence-corrected chi connectivity index (χ4v) is 3.71. The number of hydrogen-bond donors (Lipinski definition) is 2. The van der Waals surface area contributed by atoms with Crippen LogP contribution in [0, 0.1) is 11.8 Å². The Kier molecular flexibility index (Phi) is 5.76. The van der Waals surface area contributed by atoms with Crippen molar-refractivity contribution in [3.8, 4) is 0 Å². The van der Waals surface area contributed by atoms with E-state index in [0.29, 0.717) is 31.1 Å². The standard InChI is InChI=1S/C15H25N5O3S/c1-5-16-15-17-6-11(7-18-15)14(21)19-13-9-20(24(4,22)23)8-12(13)10(2)3/h6-7,10,12-13H,5,8-9H2,1-4H3,(H,19,21)(H,16,17,18)/t12-,13+/m1/s1. The minimum absolute atomic E-state index is 0.0747. The number of aromatic nitrogens is 2. The van der Waals surface area contributed by atoms with Gasteiger partial charge in [-0.15, -0.1) is 0 Å². The van der Waals surface area contributed by atoms with Gasteiger partial charge in [-0.2, -0.15) is 4.31 Å². The zero-order chi connectivity index (χ0) is 17.9. The third kappa shape index (κ3) is 4.41. The lowest BCUT2D eigenvalue weighted by Gasteiger charge is -2.22. The molecule has 8 nitrogen and oxygen atoms in total. The van der Waals surface area contributed by atoms with Gasteiger partial charge >= 0.3 is 0 Å². The molecule has 0 unspecified atom stereocenters. The van der Waals surface area contributed by atoms with Crippen LogP contribution >= 0.6 is 0 Å². The maximum Gasteiger partial charge on any atom is 0.254 e. The Balaban J connectivity index is 2.08. The first-order chi connectivity index (χ1) is 11.2. The van der Waals surface area contributed by atoms with Crippen LogP contribution < -0.4 is 10.6 Å². The molecule has 1 fully saturated rings. The van der Waals surface area contributed by atoms with Gasteiger partial charge in [-0.3, -0.25) is 4.79 Å². The van der Waals surface area contributed by atoms with Crippen LogP contribution in [0.5, 0.6) is 0 Å². The van der Waals surface area contributed by atoms with Gasteiger partial charge in [0.1, 0.15) is 0 Å². The van der Waals surface area contributed by atoms with Crippen LogP contribution in [0.25, 0.3) is 0 Å². The number of amides is 1. The fourth-order valence-electron chi connectivity index (χ4n) is 2.84. The van der Waals surface area contributed by atoms with Gasteiger partial charge in [0, 0.05) is 38.1 Å². The summed E-state index contributed by atoms with van der Waals surface area (Å²) in [5.74, 6) is 0.516. The van der Waals surface area contributed by atoms with Crippen LogP contribution in [0.1, 0.15) is 31.1 Å². The van der Waals surface area contributed by atoms with E-state index in [9.17, 15) is 13.2 Å². The van der Waals surface area contributed by atoms with Gasteiger partial charge in [-0.25, -0.2) is 18.4 Å². The van der Waals surface area contributed by atoms with Crippen LogP contribution in [0.15, 0.2) is 12.4 Å². The van der Waals surface area contributed by atoms with Crippen molar-refractivity contribution < 1.29 is 13.2 Å². The van der Waals surface area contributed by atoms with E-state index in [4.69, 9.17) is 0 Å². The number of sulfonamides is 1. The van der Waals surface area contributed by atoms with E-state index in [2.05, 4.69) is 20.6 Å². The Labute approximate surface area is 143 Å². The molecule has 2 atom stereocenters. The van der Waals surface area contributed by atoms with Crippen molar-refractivity contribution in [1.82, 2.24) is 19.6 Å². The molecule has 0 saturated carbocycles. The van der Waals surface area contributed by atoms with E-state index >= 15 is 0 Å². The Morgan fingerprint density at radius 2 is 1.96 bits per heavy atom. The molecule has 0 aliphatic carbocycles. The lowest BCUT2D eigenvalue weighted by Crippen LogP contribution is -2.42. The molecule has 24 heavy (non-hydrogen) atoms. The highest BCUT2D eigenvalue weighted by atomic mass is 32.2. The van der Waals surface area contributed by atoms with Gasteiger partial charge in [-0.05, 0) is 18.8 Å². The Bertz CT molecular complexity index is 675. The summed E-state index contributed by atoms with van der Waals surface area (Å²) in [4.78, 5) is 20.6. The monoisotopic (exact) mass is 355 g/mol. The molecule has 1 amide bonds. The lowest BCUT2D eigenvalue weighted by molar-refractivity contribution is 0.0925. The molecule has 0 aromatic carbocycles. The average Bonchev–Trinajstić information content (AvgIpc) is 2.92. The van der Waals surface area contributed by atoms with Crippen LogP contribution in [0.2, 0.25) is 0 Å². The van der Waals surface area contributed by atoms with Crippen LogP contribution in [0.4, 0.5) is 5.95 Å². The normalized spacial score (nSPS) is 21.9. The van der Waals surface area contributed by atoms with E-state index in [-0.39, 0.29) is 23.8 Å². The van der Waals surface area contributed by atoms with Crippen molar-refractivity contribution in [1.29, 1.82) is 0 Å². The second-order valence-electron chi connectivity index (χ2n) is 6.39. The zero-order valence-electron chi connectivity index (χ0n) is 14.5. The molecule has 0 radical (unpaired) electrons. The van der Waals surface area contributed by atoms with Gasteiger partial charge < -0.3 is 10.6 Å². The Morgan fingerprint density at radius 1 is 1.33 bits per heavy atom. The number of carbonyl (C=O) groups excluding carboxylic acids is 1. The summed E-state index contributed by atoms with van der Waals surface area (Å²) in [6.07, 6.45) is 4.13. The average molecular weight is 355 g/mol. The molecule has 1 aromatic heterocycles. The first kappa shape index (κ1) is 18.6. The molecule has 2 rings (SSSR count). The highest BCUT2D eigenvalue weighted by molar-refractivity contribution is 7.88. The second kappa shape index (κ2) is 7.43. The van der Waals surface area contributed by atoms with Crippen LogP contribution in [-0.4, -0.2) is 60.5 Å². The van der Waals surface area contributed by atoms with Crippen molar-refractivity contribution in [3.63, 3.8) is 0 Å². The van der Waals surface area contributed by atoms with E-state index in [1.807, 2.05) is 20.8 Å². The number of anilines is 1. The van der Waals surface area contributed by atoms with Gasteiger partial charge in [0.2, 0.25) is 16.0 Å². The Morgan fingerprint density at radius 3 is 2.46 bits per heavy atom. The molecule has 1 aromatic rings. The summed E-state index contributed by atoms with van der Waals surface area (Å²) in [7, 11) is -3.27. The molecule has 2 N–H and O–H groups in total. The first-order valence-electron chi connectivity index (χ1n) is 8.04. The molecular weight excluding hydrogens is 330 g/mol. The largest absolute Gasteiger partial charge is 0.355 e. The van der Waals surface area contributed by atoms with Gasteiger partial charge in [0.05, 0.1) is 11.8 Å². The van der Waals surface area contributed by atoms with Gasteiger partial charge in [0.25, 0.3) is 5.91 Å². The molecule has 0 spiro atoms. The number of carbonyl (C=O) groups is 1. The van der Waals surface area contributed by atoms with Crippen molar-refractivity contribution in [2.24, 2.45) is 11.8 Å². The smallest absolute Gasteiger partial charge is 0.254 e. The first-order valence-corrected chi connectivity index (χ1v) is 9.89. The van der Waals surface area contributed by atoms with E-state index in [0.717, 1.165) is 0 Å². The zero-order valence-corrected chi connectivity index (χ0v) is 15.3. The quantitative estimate of drug-likeness (QED) is 0.772. The van der Waals surface area contributed by atoms with E-state index < -0.39 is 10.0 Å². The maximum absolute atomic E-state index is 12.4. The molecule has 2 heterocycles. The third-order valence-corrected chi connectivity index (χ3v) is 5.46. The number of nitrogens with zero attached hydrogens (tertiary/aromatic N) is 3. The highest BCUT2D eigenvalue weighted by Gasteiger charge is 2.39. The maximum atomic E-state index is 12.4. The van der Waals surface area contributed by atoms with Crippen LogP contribution in [-0.2, 0) is 10.0 Å². The van der Waals surface area contributed by atoms with Crippen molar-refractivity contribution in [3.05, 3.63) is 18.0 Å². The Hall–Kier alpha value is -1.74. The molecule has 1 aliphatic rings. The van der Waals surface area contributed by atoms with Gasteiger partial charge in [0.15, 0.2) is 0 Å². The van der Waals surface area contributed by atoms with E-state index in [1.165, 1.54) is 23.0 Å². The summed E-state index contributed by atoms with van der Waals surface area (Å²) >= 11 is 0. The van der Waals surface area contributed by atoms with Gasteiger partial charge in [-0.1, -0.05) is 13.8 Å². The summed E-state index contributed by atoms with van der Waals surface area (Å²) in [5.41, 5.74) is 0.358. The molecule has 9 heteroatoms. The van der Waals surface area contributed by atoms with Crippen LogP contribution in [0.3, 0.4) is 0 Å². The second-order valence-corrected chi connectivity index (χ2v) is 8.38. The topological polar surface area (TPSA) is 104 Å². The summed E-state index contributed by atoms with van der Waals surface area (Å²) < 4.78 is 25.0. The number of rotatable bonds is 6. The van der Waals surface area contributed by atoms with Crippen molar-refractivity contribution >= 4 is 21.9 Å². The molecule has 1 saturated heterocycles. The SMILES string of the molecule is CCNc1ncc(C(=O)N[C@H]2CN(S(C)(=O)=O)C[C@@H]2C(C)C)cn1. The lowest BCUT2D eigenvalue weighted by atomic mass is 9.91. The summed E-state index contributed by atoms with van der Waals surface area (Å²) in [6.45, 7) is 7.42. The number of nitrogens with one attached hydrogen (secondary N) is 2. The minimum Gasteiger partial charge on any atom is -0.355 e. The predicted molar refractivity (Wildman–Crippen MR) is 92.2 cm³/mol. The molecular formula is C15H25N5O3S. The van der Waals surface area contributed by atoms with Crippen molar-refractivity contribution in [2.45, 2.75) is 26.8 Å². The third-order valence-electron chi connectivity index (χ3n) is 4.22. The molecule has 134 valence electrons. The van der Waals surface area contributed by atoms with Crippen molar-refractivity contribution in [2.75, 3.05) is 31.2 Å². The number of hydrogen-bond acceptors (Lipinski definition) is 6.